The summed E-state index contributed by atoms with van der Waals surface area (Å²) in [4.78, 5) is 0. The van der Waals surface area contributed by atoms with Crippen LogP contribution in [0.2, 0.25) is 0 Å². The molecule has 0 radical (unpaired) electrons. The molecule has 0 aliphatic carbocycles. The number of hydrogen-bond acceptors (Lipinski definition) is 3. The van der Waals surface area contributed by atoms with Gasteiger partial charge in [0.1, 0.15) is 0 Å². The van der Waals surface area contributed by atoms with E-state index in [1.165, 1.54) is 5.56 Å². The molecule has 1 aromatic heterocycles. The lowest BCUT2D eigenvalue weighted by atomic mass is 10.2. The number of aryl methyl sites for hydroxylation is 2. The van der Waals surface area contributed by atoms with Crippen molar-refractivity contribution in [2.45, 2.75) is 40.3 Å². The third-order valence-electron chi connectivity index (χ3n) is 2.49. The first-order valence-corrected chi connectivity index (χ1v) is 6.09. The van der Waals surface area contributed by atoms with Gasteiger partial charge in [0.2, 0.25) is 0 Å². The lowest BCUT2D eigenvalue weighted by molar-refractivity contribution is 0.141. The SMILES string of the molecule is CCNCc1cn(CCCOCC)nc1C. The average Bonchev–Trinajstić information content (AvgIpc) is 2.63. The highest BCUT2D eigenvalue weighted by molar-refractivity contribution is 5.14. The first-order valence-electron chi connectivity index (χ1n) is 6.09. The average molecular weight is 225 g/mol. The van der Waals surface area contributed by atoms with Crippen LogP contribution >= 0.6 is 0 Å². The maximum absolute atomic E-state index is 5.30. The maximum Gasteiger partial charge on any atom is 0.0638 e. The van der Waals surface area contributed by atoms with Crippen LogP contribution in [-0.4, -0.2) is 29.5 Å². The van der Waals surface area contributed by atoms with Gasteiger partial charge >= 0.3 is 0 Å². The molecule has 1 rings (SSSR count). The fourth-order valence-electron chi connectivity index (χ4n) is 1.58. The van der Waals surface area contributed by atoms with Gasteiger partial charge in [-0.15, -0.1) is 0 Å². The zero-order chi connectivity index (χ0) is 11.8. The van der Waals surface area contributed by atoms with Crippen molar-refractivity contribution < 1.29 is 4.74 Å². The summed E-state index contributed by atoms with van der Waals surface area (Å²) in [5, 5.41) is 7.80. The fraction of sp³-hybridized carbons (Fsp3) is 0.750. The minimum absolute atomic E-state index is 0.795. The number of nitrogens with one attached hydrogen (secondary N) is 1. The molecule has 16 heavy (non-hydrogen) atoms. The van der Waals surface area contributed by atoms with Crippen LogP contribution in [0.1, 0.15) is 31.5 Å². The standard InChI is InChI=1S/C12H23N3O/c1-4-13-9-12-10-15(14-11(12)3)7-6-8-16-5-2/h10,13H,4-9H2,1-3H3. The normalized spacial score (nSPS) is 10.9. The molecule has 0 aromatic carbocycles. The second kappa shape index (κ2) is 7.41. The molecule has 0 aliphatic heterocycles. The summed E-state index contributed by atoms with van der Waals surface area (Å²) in [7, 11) is 0. The Morgan fingerprint density at radius 1 is 1.44 bits per heavy atom. The van der Waals surface area contributed by atoms with E-state index in [1.54, 1.807) is 0 Å². The Morgan fingerprint density at radius 3 is 2.94 bits per heavy atom. The smallest absolute Gasteiger partial charge is 0.0638 e. The minimum Gasteiger partial charge on any atom is -0.382 e. The largest absolute Gasteiger partial charge is 0.382 e. The molecule has 0 aliphatic rings. The van der Waals surface area contributed by atoms with Crippen molar-refractivity contribution in [1.82, 2.24) is 15.1 Å². The van der Waals surface area contributed by atoms with Crippen molar-refractivity contribution >= 4 is 0 Å². The van der Waals surface area contributed by atoms with Gasteiger partial charge in [0.15, 0.2) is 0 Å². The molecule has 1 N–H and O–H groups in total. The molecule has 92 valence electrons. The summed E-state index contributed by atoms with van der Waals surface area (Å²) >= 11 is 0. The van der Waals surface area contributed by atoms with Crippen molar-refractivity contribution in [2.24, 2.45) is 0 Å². The zero-order valence-electron chi connectivity index (χ0n) is 10.6. The molecule has 0 saturated carbocycles. The number of aromatic nitrogens is 2. The predicted molar refractivity (Wildman–Crippen MR) is 65.5 cm³/mol. The highest BCUT2D eigenvalue weighted by Crippen LogP contribution is 2.05. The van der Waals surface area contributed by atoms with Gasteiger partial charge in [-0.1, -0.05) is 6.92 Å². The van der Waals surface area contributed by atoms with Crippen LogP contribution < -0.4 is 5.32 Å². The highest BCUT2D eigenvalue weighted by atomic mass is 16.5. The lowest BCUT2D eigenvalue weighted by Gasteiger charge is -2.01. The first-order chi connectivity index (χ1) is 7.77. The minimum atomic E-state index is 0.795. The molecule has 0 amide bonds. The molecule has 4 nitrogen and oxygen atoms in total. The maximum atomic E-state index is 5.30. The topological polar surface area (TPSA) is 39.1 Å². The van der Waals surface area contributed by atoms with E-state index in [0.717, 1.165) is 45.0 Å². The summed E-state index contributed by atoms with van der Waals surface area (Å²) < 4.78 is 7.32. The van der Waals surface area contributed by atoms with Crippen molar-refractivity contribution in [3.63, 3.8) is 0 Å². The van der Waals surface area contributed by atoms with Gasteiger partial charge in [-0.05, 0) is 26.8 Å². The summed E-state index contributed by atoms with van der Waals surface area (Å²) in [6.07, 6.45) is 3.15. The van der Waals surface area contributed by atoms with E-state index >= 15 is 0 Å². The summed E-state index contributed by atoms with van der Waals surface area (Å²) in [6.45, 7) is 10.7. The van der Waals surface area contributed by atoms with Gasteiger partial charge in [0, 0.05) is 38.1 Å². The molecular weight excluding hydrogens is 202 g/mol. The van der Waals surface area contributed by atoms with Crippen LogP contribution in [-0.2, 0) is 17.8 Å². The number of nitrogens with zero attached hydrogens (tertiary/aromatic N) is 2. The molecule has 0 atom stereocenters. The molecule has 1 aromatic rings. The molecule has 0 bridgehead atoms. The molecule has 0 spiro atoms. The summed E-state index contributed by atoms with van der Waals surface area (Å²) in [6, 6.07) is 0. The van der Waals surface area contributed by atoms with Crippen LogP contribution in [0, 0.1) is 6.92 Å². The zero-order valence-corrected chi connectivity index (χ0v) is 10.6. The number of hydrogen-bond donors (Lipinski definition) is 1. The van der Waals surface area contributed by atoms with Crippen molar-refractivity contribution in [1.29, 1.82) is 0 Å². The van der Waals surface area contributed by atoms with E-state index in [4.69, 9.17) is 4.74 Å². The van der Waals surface area contributed by atoms with Gasteiger partial charge in [0.25, 0.3) is 0 Å². The van der Waals surface area contributed by atoms with Crippen LogP contribution in [0.4, 0.5) is 0 Å². The molecule has 0 saturated heterocycles. The van der Waals surface area contributed by atoms with Crippen LogP contribution in [0.15, 0.2) is 6.20 Å². The molecule has 4 heteroatoms. The fourth-order valence-corrected chi connectivity index (χ4v) is 1.58. The Morgan fingerprint density at radius 2 is 2.25 bits per heavy atom. The second-order valence-electron chi connectivity index (χ2n) is 3.83. The predicted octanol–water partition coefficient (Wildman–Crippen LogP) is 1.73. The van der Waals surface area contributed by atoms with Gasteiger partial charge in [-0.25, -0.2) is 0 Å². The number of ether oxygens (including phenoxy) is 1. The Labute approximate surface area is 98.0 Å². The summed E-state index contributed by atoms with van der Waals surface area (Å²) in [5.74, 6) is 0. The van der Waals surface area contributed by atoms with E-state index in [-0.39, 0.29) is 0 Å². The third-order valence-corrected chi connectivity index (χ3v) is 2.49. The van der Waals surface area contributed by atoms with Crippen molar-refractivity contribution in [3.8, 4) is 0 Å². The Kier molecular flexibility index (Phi) is 6.11. The quantitative estimate of drug-likeness (QED) is 0.685. The Hall–Kier alpha value is -0.870. The molecule has 0 unspecified atom stereocenters. The Bertz CT molecular complexity index is 296. The first kappa shape index (κ1) is 13.2. The van der Waals surface area contributed by atoms with E-state index in [9.17, 15) is 0 Å². The lowest BCUT2D eigenvalue weighted by Crippen LogP contribution is -2.11. The van der Waals surface area contributed by atoms with E-state index in [2.05, 4.69) is 30.5 Å². The van der Waals surface area contributed by atoms with Crippen LogP contribution in [0.25, 0.3) is 0 Å². The van der Waals surface area contributed by atoms with Gasteiger partial charge < -0.3 is 10.1 Å². The molecular formula is C12H23N3O. The monoisotopic (exact) mass is 225 g/mol. The van der Waals surface area contributed by atoms with Gasteiger partial charge in [-0.3, -0.25) is 4.68 Å². The summed E-state index contributed by atoms with van der Waals surface area (Å²) in [5.41, 5.74) is 2.41. The van der Waals surface area contributed by atoms with Crippen molar-refractivity contribution in [2.75, 3.05) is 19.8 Å². The Balaban J connectivity index is 2.36. The van der Waals surface area contributed by atoms with E-state index in [1.807, 2.05) is 11.6 Å². The van der Waals surface area contributed by atoms with E-state index < -0.39 is 0 Å². The van der Waals surface area contributed by atoms with Crippen molar-refractivity contribution in [3.05, 3.63) is 17.5 Å². The highest BCUT2D eigenvalue weighted by Gasteiger charge is 2.03. The van der Waals surface area contributed by atoms with Gasteiger partial charge in [0.05, 0.1) is 5.69 Å². The van der Waals surface area contributed by atoms with E-state index in [0.29, 0.717) is 0 Å². The van der Waals surface area contributed by atoms with Crippen LogP contribution in [0.5, 0.6) is 0 Å². The molecule has 0 fully saturated rings. The number of rotatable bonds is 8. The van der Waals surface area contributed by atoms with Gasteiger partial charge in [-0.2, -0.15) is 5.10 Å². The van der Waals surface area contributed by atoms with Crippen LogP contribution in [0.3, 0.4) is 0 Å². The second-order valence-corrected chi connectivity index (χ2v) is 3.83. The molecule has 1 heterocycles. The third kappa shape index (κ3) is 4.33.